The van der Waals surface area contributed by atoms with E-state index in [-0.39, 0.29) is 11.3 Å². The van der Waals surface area contributed by atoms with Gasteiger partial charge in [0.25, 0.3) is 0 Å². The van der Waals surface area contributed by atoms with Crippen molar-refractivity contribution in [1.82, 2.24) is 0 Å². The highest BCUT2D eigenvalue weighted by molar-refractivity contribution is 6.01. The third-order valence-corrected chi connectivity index (χ3v) is 3.31. The molecule has 18 heavy (non-hydrogen) atoms. The predicted octanol–water partition coefficient (Wildman–Crippen LogP) is 2.31. The van der Waals surface area contributed by atoms with Crippen molar-refractivity contribution in [2.24, 2.45) is 0 Å². The second-order valence-electron chi connectivity index (χ2n) is 5.66. The van der Waals surface area contributed by atoms with Gasteiger partial charge in [-0.1, -0.05) is 20.8 Å². The Bertz CT molecular complexity index is 489. The highest BCUT2D eigenvalue weighted by atomic mass is 16.5. The molecular weight excluding hydrogens is 228 g/mol. The van der Waals surface area contributed by atoms with Crippen molar-refractivity contribution >= 4 is 17.3 Å². The number of anilines is 2. The van der Waals surface area contributed by atoms with Crippen LogP contribution in [0.3, 0.4) is 0 Å². The normalized spacial score (nSPS) is 15.6. The van der Waals surface area contributed by atoms with Gasteiger partial charge in [-0.05, 0) is 23.1 Å². The highest BCUT2D eigenvalue weighted by Crippen LogP contribution is 2.40. The number of hydrogen-bond acceptors (Lipinski definition) is 3. The van der Waals surface area contributed by atoms with Crippen LogP contribution in [0.4, 0.5) is 11.4 Å². The summed E-state index contributed by atoms with van der Waals surface area (Å²) in [5.74, 6) is 0.717. The van der Waals surface area contributed by atoms with Gasteiger partial charge in [0.15, 0.2) is 5.75 Å². The molecule has 98 valence electrons. The van der Waals surface area contributed by atoms with Crippen molar-refractivity contribution in [1.29, 1.82) is 0 Å². The summed E-state index contributed by atoms with van der Waals surface area (Å²) in [6.07, 6.45) is 0.600. The molecule has 0 radical (unpaired) electrons. The highest BCUT2D eigenvalue weighted by Gasteiger charge is 2.30. The first-order valence-corrected chi connectivity index (χ1v) is 6.13. The summed E-state index contributed by atoms with van der Waals surface area (Å²) in [5.41, 5.74) is 8.50. The lowest BCUT2D eigenvalue weighted by molar-refractivity contribution is -0.122. The topological polar surface area (TPSA) is 55.6 Å². The van der Waals surface area contributed by atoms with Crippen LogP contribution in [0.15, 0.2) is 12.1 Å². The Balaban J connectivity index is 2.54. The fraction of sp³-hybridized carbons (Fsp3) is 0.500. The second-order valence-corrected chi connectivity index (χ2v) is 5.66. The molecule has 0 unspecified atom stereocenters. The lowest BCUT2D eigenvalue weighted by Gasteiger charge is -2.33. The monoisotopic (exact) mass is 248 g/mol. The van der Waals surface area contributed by atoms with E-state index in [1.165, 1.54) is 0 Å². The first-order chi connectivity index (χ1) is 8.34. The van der Waals surface area contributed by atoms with E-state index in [0.29, 0.717) is 17.9 Å². The molecule has 0 bridgehead atoms. The molecule has 0 aromatic heterocycles. The number of nitrogen functional groups attached to an aromatic ring is 1. The second kappa shape index (κ2) is 4.19. The maximum atomic E-state index is 11.6. The number of ether oxygens (including phenoxy) is 1. The van der Waals surface area contributed by atoms with E-state index in [0.717, 1.165) is 17.8 Å². The molecule has 2 N–H and O–H groups in total. The van der Waals surface area contributed by atoms with Gasteiger partial charge >= 0.3 is 0 Å². The van der Waals surface area contributed by atoms with E-state index < -0.39 is 0 Å². The molecule has 1 aliphatic heterocycles. The standard InChI is InChI=1S/C14H20N2O2/c1-14(2,3)9-7-10(15)13(18-4)11(8-9)16-6-5-12(16)17/h7-8H,5-6,15H2,1-4H3. The fourth-order valence-electron chi connectivity index (χ4n) is 2.06. The van der Waals surface area contributed by atoms with Crippen molar-refractivity contribution in [3.05, 3.63) is 17.7 Å². The van der Waals surface area contributed by atoms with E-state index >= 15 is 0 Å². The molecule has 1 saturated heterocycles. The zero-order valence-corrected chi connectivity index (χ0v) is 11.4. The van der Waals surface area contributed by atoms with Crippen molar-refractivity contribution < 1.29 is 9.53 Å². The number of rotatable bonds is 2. The van der Waals surface area contributed by atoms with Crippen LogP contribution in [0.1, 0.15) is 32.8 Å². The maximum Gasteiger partial charge on any atom is 0.228 e. The number of carbonyl (C=O) groups excluding carboxylic acids is 1. The molecule has 1 aliphatic rings. The van der Waals surface area contributed by atoms with Crippen LogP contribution in [0.2, 0.25) is 0 Å². The van der Waals surface area contributed by atoms with Crippen LogP contribution < -0.4 is 15.4 Å². The van der Waals surface area contributed by atoms with E-state index in [1.807, 2.05) is 12.1 Å². The molecular formula is C14H20N2O2. The van der Waals surface area contributed by atoms with Gasteiger partial charge in [0.05, 0.1) is 18.5 Å². The first kappa shape index (κ1) is 12.7. The Morgan fingerprint density at radius 3 is 2.39 bits per heavy atom. The summed E-state index contributed by atoms with van der Waals surface area (Å²) in [4.78, 5) is 13.3. The van der Waals surface area contributed by atoms with E-state index in [9.17, 15) is 4.79 Å². The van der Waals surface area contributed by atoms with E-state index in [2.05, 4.69) is 20.8 Å². The molecule has 0 aliphatic carbocycles. The van der Waals surface area contributed by atoms with Crippen LogP contribution in [-0.2, 0) is 10.2 Å². The van der Waals surface area contributed by atoms with Gasteiger partial charge in [0.2, 0.25) is 5.91 Å². The predicted molar refractivity (Wildman–Crippen MR) is 73.1 cm³/mol. The van der Waals surface area contributed by atoms with Crippen molar-refractivity contribution in [2.45, 2.75) is 32.6 Å². The smallest absolute Gasteiger partial charge is 0.228 e. The summed E-state index contributed by atoms with van der Waals surface area (Å²) in [5, 5.41) is 0. The summed E-state index contributed by atoms with van der Waals surface area (Å²) < 4.78 is 5.33. The third-order valence-electron chi connectivity index (χ3n) is 3.31. The molecule has 4 nitrogen and oxygen atoms in total. The molecule has 2 rings (SSSR count). The van der Waals surface area contributed by atoms with Crippen LogP contribution in [0, 0.1) is 0 Å². The molecule has 1 aromatic rings. The van der Waals surface area contributed by atoms with Crippen LogP contribution in [-0.4, -0.2) is 19.6 Å². The average Bonchev–Trinajstić information content (AvgIpc) is 2.25. The number of nitrogens with zero attached hydrogens (tertiary/aromatic N) is 1. The Morgan fingerprint density at radius 1 is 1.33 bits per heavy atom. The van der Waals surface area contributed by atoms with Gasteiger partial charge in [0.1, 0.15) is 0 Å². The zero-order valence-electron chi connectivity index (χ0n) is 11.4. The van der Waals surface area contributed by atoms with Crippen molar-refractivity contribution in [3.8, 4) is 5.75 Å². The Kier molecular flexibility index (Phi) is 2.97. The number of nitrogens with two attached hydrogens (primary N) is 1. The average molecular weight is 248 g/mol. The summed E-state index contributed by atoms with van der Waals surface area (Å²) in [7, 11) is 1.58. The third kappa shape index (κ3) is 2.03. The minimum Gasteiger partial charge on any atom is -0.492 e. The number of hydrogen-bond donors (Lipinski definition) is 1. The van der Waals surface area contributed by atoms with Crippen molar-refractivity contribution in [2.75, 3.05) is 24.3 Å². The summed E-state index contributed by atoms with van der Waals surface area (Å²) >= 11 is 0. The number of benzene rings is 1. The number of amides is 1. The van der Waals surface area contributed by atoms with Gasteiger partial charge in [-0.2, -0.15) is 0 Å². The SMILES string of the molecule is COc1c(N)cc(C(C)(C)C)cc1N1CCC1=O. The van der Waals surface area contributed by atoms with Gasteiger partial charge < -0.3 is 15.4 Å². The molecule has 0 saturated carbocycles. The van der Waals surface area contributed by atoms with Crippen LogP contribution in [0.25, 0.3) is 0 Å². The quantitative estimate of drug-likeness (QED) is 0.645. The number of methoxy groups -OCH3 is 1. The molecule has 1 amide bonds. The Hall–Kier alpha value is -1.71. The first-order valence-electron chi connectivity index (χ1n) is 6.13. The number of carbonyl (C=O) groups is 1. The zero-order chi connectivity index (χ0) is 13.5. The van der Waals surface area contributed by atoms with Gasteiger partial charge in [-0.3, -0.25) is 4.79 Å². The minimum absolute atomic E-state index is 0.0109. The fourth-order valence-corrected chi connectivity index (χ4v) is 2.06. The molecule has 0 spiro atoms. The largest absolute Gasteiger partial charge is 0.492 e. The summed E-state index contributed by atoms with van der Waals surface area (Å²) in [6, 6.07) is 3.93. The molecule has 1 aromatic carbocycles. The van der Waals surface area contributed by atoms with Gasteiger partial charge in [-0.25, -0.2) is 0 Å². The van der Waals surface area contributed by atoms with Crippen LogP contribution in [0.5, 0.6) is 5.75 Å². The van der Waals surface area contributed by atoms with Gasteiger partial charge in [0, 0.05) is 13.0 Å². The maximum absolute atomic E-state index is 11.6. The molecule has 4 heteroatoms. The summed E-state index contributed by atoms with van der Waals surface area (Å²) in [6.45, 7) is 7.10. The lowest BCUT2D eigenvalue weighted by Crippen LogP contribution is -2.43. The molecule has 1 heterocycles. The van der Waals surface area contributed by atoms with E-state index in [1.54, 1.807) is 12.0 Å². The van der Waals surface area contributed by atoms with Crippen molar-refractivity contribution in [3.63, 3.8) is 0 Å². The van der Waals surface area contributed by atoms with Gasteiger partial charge in [-0.15, -0.1) is 0 Å². The molecule has 1 fully saturated rings. The minimum atomic E-state index is -0.0109. The number of β-lactam (4-membered cyclic amide) rings is 1. The Labute approximate surface area is 108 Å². The Morgan fingerprint density at radius 2 is 2.00 bits per heavy atom. The van der Waals surface area contributed by atoms with E-state index in [4.69, 9.17) is 10.5 Å². The van der Waals surface area contributed by atoms with Crippen LogP contribution >= 0.6 is 0 Å². The molecule has 0 atom stereocenters. The lowest BCUT2D eigenvalue weighted by atomic mass is 9.86.